The first kappa shape index (κ1) is 15.5. The summed E-state index contributed by atoms with van der Waals surface area (Å²) in [5.74, 6) is -0.0833. The van der Waals surface area contributed by atoms with Crippen molar-refractivity contribution < 1.29 is 4.79 Å². The van der Waals surface area contributed by atoms with E-state index in [1.165, 1.54) is 0 Å². The van der Waals surface area contributed by atoms with Crippen molar-refractivity contribution in [3.63, 3.8) is 0 Å². The van der Waals surface area contributed by atoms with E-state index in [0.717, 1.165) is 16.3 Å². The minimum Gasteiger partial charge on any atom is -0.397 e. The molecule has 0 saturated carbocycles. The summed E-state index contributed by atoms with van der Waals surface area (Å²) in [5.41, 5.74) is 9.19. The number of carbonyl (C=O) groups is 1. The lowest BCUT2D eigenvalue weighted by Crippen LogP contribution is -2.30. The summed E-state index contributed by atoms with van der Waals surface area (Å²) in [4.78, 5) is 18.3. The number of rotatable bonds is 5. The summed E-state index contributed by atoms with van der Waals surface area (Å²) in [6.45, 7) is 4.89. The molecule has 0 fully saturated rings. The second-order valence-electron chi connectivity index (χ2n) is 5.17. The van der Waals surface area contributed by atoms with Gasteiger partial charge in [-0.2, -0.15) is 0 Å². The zero-order valence-corrected chi connectivity index (χ0v) is 13.3. The van der Waals surface area contributed by atoms with Crippen molar-refractivity contribution >= 4 is 28.6 Å². The van der Waals surface area contributed by atoms with Crippen molar-refractivity contribution in [3.8, 4) is 0 Å². The first-order chi connectivity index (χ1) is 9.94. The maximum atomic E-state index is 12.0. The van der Waals surface area contributed by atoms with Crippen molar-refractivity contribution in [1.29, 1.82) is 0 Å². The number of nitrogen functional groups attached to an aromatic ring is 1. The van der Waals surface area contributed by atoms with Gasteiger partial charge < -0.3 is 11.1 Å². The molecule has 0 radical (unpaired) electrons. The lowest BCUT2D eigenvalue weighted by Gasteiger charge is -2.15. The minimum atomic E-state index is -0.0833. The molecule has 6 heteroatoms. The topological polar surface area (TPSA) is 71.2 Å². The zero-order valence-electron chi connectivity index (χ0n) is 12.5. The van der Waals surface area contributed by atoms with Gasteiger partial charge in [0.05, 0.1) is 28.6 Å². The Hall–Kier alpha value is -1.92. The molecule has 1 aromatic carbocycles. The fourth-order valence-electron chi connectivity index (χ4n) is 2.04. The van der Waals surface area contributed by atoms with Gasteiger partial charge in [0.25, 0.3) is 0 Å². The number of aryl methyl sites for hydroxylation is 2. The van der Waals surface area contributed by atoms with E-state index in [9.17, 15) is 4.79 Å². The Morgan fingerprint density at radius 2 is 2.19 bits per heavy atom. The molecule has 1 amide bonds. The first-order valence-electron chi connectivity index (χ1n) is 6.69. The van der Waals surface area contributed by atoms with Crippen LogP contribution in [0.15, 0.2) is 23.6 Å². The van der Waals surface area contributed by atoms with Crippen LogP contribution in [-0.2, 0) is 11.3 Å². The smallest absolute Gasteiger partial charge is 0.238 e. The molecule has 0 spiro atoms. The molecule has 0 bridgehead atoms. The average molecular weight is 304 g/mol. The molecule has 2 aromatic rings. The van der Waals surface area contributed by atoms with E-state index >= 15 is 0 Å². The van der Waals surface area contributed by atoms with E-state index in [1.54, 1.807) is 11.3 Å². The minimum absolute atomic E-state index is 0.0833. The number of thiazole rings is 1. The Morgan fingerprint density at radius 3 is 2.81 bits per heavy atom. The Morgan fingerprint density at radius 1 is 1.43 bits per heavy atom. The van der Waals surface area contributed by atoms with Crippen LogP contribution in [0.5, 0.6) is 0 Å². The maximum Gasteiger partial charge on any atom is 0.238 e. The highest BCUT2D eigenvalue weighted by Crippen LogP contribution is 2.19. The van der Waals surface area contributed by atoms with Crippen LogP contribution in [0.3, 0.4) is 0 Å². The Labute approximate surface area is 128 Å². The number of anilines is 2. The van der Waals surface area contributed by atoms with Crippen molar-refractivity contribution in [1.82, 2.24) is 9.88 Å². The second kappa shape index (κ2) is 6.69. The highest BCUT2D eigenvalue weighted by molar-refractivity contribution is 7.09. The molecular weight excluding hydrogens is 284 g/mol. The molecule has 0 saturated heterocycles. The zero-order chi connectivity index (χ0) is 15.4. The van der Waals surface area contributed by atoms with Crippen LogP contribution in [0, 0.1) is 13.8 Å². The molecule has 21 heavy (non-hydrogen) atoms. The monoisotopic (exact) mass is 304 g/mol. The number of likely N-dealkylation sites (N-methyl/N-ethyl adjacent to an activating group) is 1. The van der Waals surface area contributed by atoms with Crippen molar-refractivity contribution in [2.45, 2.75) is 20.4 Å². The molecule has 0 unspecified atom stereocenters. The van der Waals surface area contributed by atoms with Gasteiger partial charge >= 0.3 is 0 Å². The number of hydrogen-bond donors (Lipinski definition) is 2. The summed E-state index contributed by atoms with van der Waals surface area (Å²) in [6.07, 6.45) is 0. The summed E-state index contributed by atoms with van der Waals surface area (Å²) >= 11 is 1.62. The van der Waals surface area contributed by atoms with Crippen LogP contribution in [-0.4, -0.2) is 29.4 Å². The van der Waals surface area contributed by atoms with Crippen LogP contribution in [0.25, 0.3) is 0 Å². The van der Waals surface area contributed by atoms with Gasteiger partial charge in [0.15, 0.2) is 0 Å². The fourth-order valence-corrected chi connectivity index (χ4v) is 2.65. The summed E-state index contributed by atoms with van der Waals surface area (Å²) in [7, 11) is 1.90. The third-order valence-corrected chi connectivity index (χ3v) is 3.82. The summed E-state index contributed by atoms with van der Waals surface area (Å²) in [6, 6.07) is 5.59. The van der Waals surface area contributed by atoms with E-state index in [0.29, 0.717) is 24.5 Å². The molecule has 5 nitrogen and oxygen atoms in total. The second-order valence-corrected chi connectivity index (χ2v) is 6.23. The van der Waals surface area contributed by atoms with Gasteiger partial charge in [0.1, 0.15) is 0 Å². The normalized spacial score (nSPS) is 10.9. The molecule has 1 heterocycles. The highest BCUT2D eigenvalue weighted by atomic mass is 32.1. The average Bonchev–Trinajstić information content (AvgIpc) is 2.78. The van der Waals surface area contributed by atoms with Crippen LogP contribution in [0.4, 0.5) is 11.4 Å². The summed E-state index contributed by atoms with van der Waals surface area (Å²) < 4.78 is 0. The van der Waals surface area contributed by atoms with E-state index in [2.05, 4.69) is 10.3 Å². The molecule has 1 aromatic heterocycles. The standard InChI is InChI=1S/C15H20N4OS/c1-10-4-5-14(13(16)6-10)18-15(20)8-19(3)7-12-9-21-11(2)17-12/h4-6,9H,7-8,16H2,1-3H3,(H,18,20). The molecular formula is C15H20N4OS. The number of benzene rings is 1. The Kier molecular flexibility index (Phi) is 4.93. The van der Waals surface area contributed by atoms with Gasteiger partial charge in [-0.3, -0.25) is 9.69 Å². The SMILES string of the molecule is Cc1ccc(NC(=O)CN(C)Cc2csc(C)n2)c(N)c1. The number of nitrogens with zero attached hydrogens (tertiary/aromatic N) is 2. The van der Waals surface area contributed by atoms with Gasteiger partial charge in [-0.1, -0.05) is 6.07 Å². The third kappa shape index (κ3) is 4.54. The number of hydrogen-bond acceptors (Lipinski definition) is 5. The van der Waals surface area contributed by atoms with Crippen LogP contribution < -0.4 is 11.1 Å². The van der Waals surface area contributed by atoms with Gasteiger partial charge in [-0.25, -0.2) is 4.98 Å². The molecule has 2 rings (SSSR count). The van der Waals surface area contributed by atoms with E-state index in [-0.39, 0.29) is 5.91 Å². The predicted molar refractivity (Wildman–Crippen MR) is 87.4 cm³/mol. The maximum absolute atomic E-state index is 12.0. The highest BCUT2D eigenvalue weighted by Gasteiger charge is 2.10. The van der Waals surface area contributed by atoms with Crippen molar-refractivity contribution in [2.75, 3.05) is 24.6 Å². The predicted octanol–water partition coefficient (Wildman–Crippen LogP) is 2.41. The van der Waals surface area contributed by atoms with Gasteiger partial charge in [0.2, 0.25) is 5.91 Å². The van der Waals surface area contributed by atoms with Gasteiger partial charge in [-0.15, -0.1) is 11.3 Å². The Balaban J connectivity index is 1.89. The number of amides is 1. The lowest BCUT2D eigenvalue weighted by atomic mass is 10.2. The number of nitrogens with one attached hydrogen (secondary N) is 1. The Bertz CT molecular complexity index is 638. The van der Waals surface area contributed by atoms with E-state index < -0.39 is 0 Å². The number of aromatic nitrogens is 1. The summed E-state index contributed by atoms with van der Waals surface area (Å²) in [5, 5.41) is 5.89. The largest absolute Gasteiger partial charge is 0.397 e. The van der Waals surface area contributed by atoms with Crippen LogP contribution in [0.2, 0.25) is 0 Å². The van der Waals surface area contributed by atoms with E-state index in [1.807, 2.05) is 49.4 Å². The molecule has 0 aliphatic rings. The number of carbonyl (C=O) groups excluding carboxylic acids is 1. The van der Waals surface area contributed by atoms with Crippen LogP contribution in [0.1, 0.15) is 16.3 Å². The molecule has 0 aliphatic heterocycles. The fraction of sp³-hybridized carbons (Fsp3) is 0.333. The number of nitrogens with two attached hydrogens (primary N) is 1. The van der Waals surface area contributed by atoms with Gasteiger partial charge in [0, 0.05) is 11.9 Å². The van der Waals surface area contributed by atoms with Crippen molar-refractivity contribution in [2.24, 2.45) is 0 Å². The van der Waals surface area contributed by atoms with E-state index in [4.69, 9.17) is 5.73 Å². The van der Waals surface area contributed by atoms with Crippen LogP contribution >= 0.6 is 11.3 Å². The third-order valence-electron chi connectivity index (χ3n) is 2.99. The first-order valence-corrected chi connectivity index (χ1v) is 7.57. The lowest BCUT2D eigenvalue weighted by molar-refractivity contribution is -0.117. The molecule has 0 atom stereocenters. The molecule has 0 aliphatic carbocycles. The van der Waals surface area contributed by atoms with Gasteiger partial charge in [-0.05, 0) is 38.6 Å². The molecule has 112 valence electrons. The van der Waals surface area contributed by atoms with Crippen molar-refractivity contribution in [3.05, 3.63) is 39.8 Å². The molecule has 3 N–H and O–H groups in total. The quantitative estimate of drug-likeness (QED) is 0.832.